The minimum atomic E-state index is -0.785. The number of carbonyl (C=O) groups is 2. The molecule has 0 aliphatic carbocycles. The average Bonchev–Trinajstić information content (AvgIpc) is 2.91. The summed E-state index contributed by atoms with van der Waals surface area (Å²) in [7, 11) is 1.60. The Morgan fingerprint density at radius 3 is 2.73 bits per heavy atom. The first-order chi connectivity index (χ1) is 12.2. The molecule has 1 aromatic carbocycles. The van der Waals surface area contributed by atoms with Gasteiger partial charge in [-0.3, -0.25) is 14.5 Å². The van der Waals surface area contributed by atoms with Gasteiger partial charge >= 0.3 is 0 Å². The predicted octanol–water partition coefficient (Wildman–Crippen LogP) is 1.94. The number of rotatable bonds is 3. The van der Waals surface area contributed by atoms with Crippen LogP contribution in [0.25, 0.3) is 0 Å². The van der Waals surface area contributed by atoms with Gasteiger partial charge in [-0.2, -0.15) is 0 Å². The van der Waals surface area contributed by atoms with Gasteiger partial charge in [-0.25, -0.2) is 9.98 Å². The number of nitrogens with two attached hydrogens (primary N) is 1. The summed E-state index contributed by atoms with van der Waals surface area (Å²) in [5.74, 6) is 0.292. The molecule has 8 nitrogen and oxygen atoms in total. The van der Waals surface area contributed by atoms with Crippen LogP contribution in [0.15, 0.2) is 33.7 Å². The van der Waals surface area contributed by atoms with E-state index in [1.54, 1.807) is 39.1 Å². The molecule has 136 valence electrons. The summed E-state index contributed by atoms with van der Waals surface area (Å²) >= 11 is 0. The number of aryl methyl sites for hydroxylation is 2. The van der Waals surface area contributed by atoms with Crippen LogP contribution in [0.5, 0.6) is 0 Å². The molecule has 0 fully saturated rings. The maximum absolute atomic E-state index is 12.4. The Morgan fingerprint density at radius 2 is 2.12 bits per heavy atom. The van der Waals surface area contributed by atoms with Gasteiger partial charge in [0.25, 0.3) is 5.91 Å². The fraction of sp³-hybridized carbons (Fsp3) is 0.333. The van der Waals surface area contributed by atoms with Crippen molar-refractivity contribution in [3.8, 4) is 0 Å². The third kappa shape index (κ3) is 3.17. The van der Waals surface area contributed by atoms with Gasteiger partial charge in [-0.05, 0) is 31.5 Å². The van der Waals surface area contributed by atoms with Crippen molar-refractivity contribution in [3.63, 3.8) is 0 Å². The largest absolute Gasteiger partial charge is 0.436 e. The van der Waals surface area contributed by atoms with Crippen molar-refractivity contribution in [2.45, 2.75) is 32.7 Å². The van der Waals surface area contributed by atoms with E-state index < -0.39 is 5.54 Å². The van der Waals surface area contributed by atoms with Crippen molar-refractivity contribution >= 4 is 23.5 Å². The molecule has 3 N–H and O–H groups in total. The summed E-state index contributed by atoms with van der Waals surface area (Å²) in [6.07, 6.45) is 0.196. The topological polar surface area (TPSA) is 114 Å². The van der Waals surface area contributed by atoms with Crippen LogP contribution in [0, 0.1) is 13.8 Å². The van der Waals surface area contributed by atoms with E-state index in [9.17, 15) is 9.59 Å². The highest BCUT2D eigenvalue weighted by atomic mass is 16.4. The lowest BCUT2D eigenvalue weighted by molar-refractivity contribution is -0.128. The van der Waals surface area contributed by atoms with Gasteiger partial charge in [-0.1, -0.05) is 12.1 Å². The Bertz CT molecular complexity index is 917. The van der Waals surface area contributed by atoms with E-state index in [-0.39, 0.29) is 30.0 Å². The summed E-state index contributed by atoms with van der Waals surface area (Å²) < 4.78 is 5.34. The number of aromatic nitrogens is 1. The van der Waals surface area contributed by atoms with Crippen LogP contribution in [0.3, 0.4) is 0 Å². The van der Waals surface area contributed by atoms with Crippen LogP contribution >= 0.6 is 0 Å². The maximum atomic E-state index is 12.4. The van der Waals surface area contributed by atoms with Gasteiger partial charge in [0, 0.05) is 19.7 Å². The number of guanidine groups is 1. The van der Waals surface area contributed by atoms with Crippen LogP contribution < -0.4 is 11.1 Å². The molecule has 1 atom stereocenters. The van der Waals surface area contributed by atoms with E-state index in [1.165, 1.54) is 4.90 Å². The molecule has 3 rings (SSSR count). The molecule has 1 aliphatic rings. The first-order valence-electron chi connectivity index (χ1n) is 8.17. The summed E-state index contributed by atoms with van der Waals surface area (Å²) in [5, 5.41) is 2.79. The van der Waals surface area contributed by atoms with E-state index >= 15 is 0 Å². The minimum Gasteiger partial charge on any atom is -0.436 e. The van der Waals surface area contributed by atoms with Crippen LogP contribution in [0.1, 0.15) is 41.0 Å². The van der Waals surface area contributed by atoms with E-state index in [0.29, 0.717) is 17.3 Å². The summed E-state index contributed by atoms with van der Waals surface area (Å²) in [6.45, 7) is 5.24. The molecular formula is C18H21N5O3. The summed E-state index contributed by atoms with van der Waals surface area (Å²) in [5.41, 5.74) is 6.96. The van der Waals surface area contributed by atoms with Crippen molar-refractivity contribution in [1.82, 2.24) is 9.88 Å². The third-order valence-electron chi connectivity index (χ3n) is 4.43. The number of nitrogens with zero attached hydrogens (tertiary/aromatic N) is 3. The van der Waals surface area contributed by atoms with Gasteiger partial charge in [0.05, 0.1) is 17.7 Å². The zero-order valence-electron chi connectivity index (χ0n) is 15.2. The predicted molar refractivity (Wildman–Crippen MR) is 96.7 cm³/mol. The molecule has 0 saturated heterocycles. The molecule has 2 aromatic rings. The maximum Gasteiger partial charge on any atom is 0.293 e. The first kappa shape index (κ1) is 17.7. The molecule has 2 amide bonds. The normalized spacial score (nSPS) is 20.1. The minimum absolute atomic E-state index is 0.109. The molecular weight excluding hydrogens is 334 g/mol. The van der Waals surface area contributed by atoms with E-state index in [0.717, 1.165) is 5.56 Å². The standard InChI is InChI=1S/C18H21N5O3/c1-10-15(26-11(2)20-10)16(25)21-13-7-5-6-12(8-13)18(3)9-14(24)23(4)17(19)22-18/h5-8H,9H2,1-4H3,(H2,19,22)(H,21,25). The lowest BCUT2D eigenvalue weighted by Gasteiger charge is -2.33. The zero-order chi connectivity index (χ0) is 19.1. The molecule has 1 unspecified atom stereocenters. The second-order valence-corrected chi connectivity index (χ2v) is 6.56. The molecule has 26 heavy (non-hydrogen) atoms. The van der Waals surface area contributed by atoms with Gasteiger partial charge < -0.3 is 15.5 Å². The zero-order valence-corrected chi connectivity index (χ0v) is 15.2. The Morgan fingerprint density at radius 1 is 1.38 bits per heavy atom. The van der Waals surface area contributed by atoms with Crippen molar-refractivity contribution < 1.29 is 14.0 Å². The van der Waals surface area contributed by atoms with Crippen molar-refractivity contribution in [2.24, 2.45) is 10.7 Å². The Hall–Kier alpha value is -3.16. The average molecular weight is 355 g/mol. The van der Waals surface area contributed by atoms with Crippen molar-refractivity contribution in [2.75, 3.05) is 12.4 Å². The SMILES string of the molecule is Cc1nc(C)c(C(=O)Nc2cccc(C3(C)CC(=O)N(C)C(N)=N3)c2)o1. The second-order valence-electron chi connectivity index (χ2n) is 6.56. The Labute approximate surface area is 151 Å². The monoisotopic (exact) mass is 355 g/mol. The van der Waals surface area contributed by atoms with Crippen LogP contribution in [-0.2, 0) is 10.3 Å². The molecule has 0 spiro atoms. The number of carbonyl (C=O) groups excluding carboxylic acids is 2. The lowest BCUT2D eigenvalue weighted by Crippen LogP contribution is -2.47. The fourth-order valence-corrected chi connectivity index (χ4v) is 2.94. The second kappa shape index (κ2) is 6.29. The van der Waals surface area contributed by atoms with Crippen LogP contribution in [0.4, 0.5) is 5.69 Å². The molecule has 8 heteroatoms. The van der Waals surface area contributed by atoms with Gasteiger partial charge in [0.2, 0.25) is 11.7 Å². The number of aliphatic imine (C=N–C) groups is 1. The number of amides is 2. The highest BCUT2D eigenvalue weighted by Gasteiger charge is 2.36. The number of oxazole rings is 1. The van der Waals surface area contributed by atoms with Crippen molar-refractivity contribution in [3.05, 3.63) is 47.2 Å². The van der Waals surface area contributed by atoms with E-state index in [2.05, 4.69) is 15.3 Å². The number of nitrogens with one attached hydrogen (secondary N) is 1. The molecule has 2 heterocycles. The fourth-order valence-electron chi connectivity index (χ4n) is 2.94. The smallest absolute Gasteiger partial charge is 0.293 e. The van der Waals surface area contributed by atoms with Gasteiger partial charge in [-0.15, -0.1) is 0 Å². The number of anilines is 1. The summed E-state index contributed by atoms with van der Waals surface area (Å²) in [4.78, 5) is 34.5. The molecule has 1 aromatic heterocycles. The Kier molecular flexibility index (Phi) is 4.27. The number of hydrogen-bond acceptors (Lipinski definition) is 6. The third-order valence-corrected chi connectivity index (χ3v) is 4.43. The number of hydrogen-bond donors (Lipinski definition) is 2. The molecule has 1 aliphatic heterocycles. The van der Waals surface area contributed by atoms with Gasteiger partial charge in [0.1, 0.15) is 0 Å². The Balaban J connectivity index is 1.88. The van der Waals surface area contributed by atoms with Crippen LogP contribution in [-0.4, -0.2) is 34.7 Å². The first-order valence-corrected chi connectivity index (χ1v) is 8.17. The highest BCUT2D eigenvalue weighted by molar-refractivity contribution is 6.03. The highest BCUT2D eigenvalue weighted by Crippen LogP contribution is 2.34. The van der Waals surface area contributed by atoms with E-state index in [4.69, 9.17) is 10.2 Å². The quantitative estimate of drug-likeness (QED) is 0.873. The molecule has 0 bridgehead atoms. The van der Waals surface area contributed by atoms with Gasteiger partial charge in [0.15, 0.2) is 11.9 Å². The lowest BCUT2D eigenvalue weighted by atomic mass is 9.87. The van der Waals surface area contributed by atoms with E-state index in [1.807, 2.05) is 13.0 Å². The molecule has 0 radical (unpaired) electrons. The van der Waals surface area contributed by atoms with Crippen molar-refractivity contribution in [1.29, 1.82) is 0 Å². The molecule has 0 saturated carbocycles. The number of benzene rings is 1. The summed E-state index contributed by atoms with van der Waals surface area (Å²) in [6, 6.07) is 7.19. The van der Waals surface area contributed by atoms with Crippen LogP contribution in [0.2, 0.25) is 0 Å².